The van der Waals surface area contributed by atoms with Crippen molar-refractivity contribution in [1.82, 2.24) is 9.55 Å². The Morgan fingerprint density at radius 1 is 1.19 bits per heavy atom. The van der Waals surface area contributed by atoms with Crippen LogP contribution in [0.2, 0.25) is 0 Å². The second kappa shape index (κ2) is 7.74. The van der Waals surface area contributed by atoms with Crippen LogP contribution in [0.3, 0.4) is 0 Å². The molecule has 0 aliphatic carbocycles. The van der Waals surface area contributed by atoms with Gasteiger partial charge < -0.3 is 4.74 Å². The summed E-state index contributed by atoms with van der Waals surface area (Å²) in [4.78, 5) is 29.6. The number of hydrogen-bond acceptors (Lipinski definition) is 5. The Hall–Kier alpha value is -2.60. The Labute approximate surface area is 156 Å². The molecule has 0 aliphatic heterocycles. The van der Waals surface area contributed by atoms with Gasteiger partial charge in [-0.15, -0.1) is 0 Å². The topological polar surface area (TPSA) is 61.2 Å². The molecule has 3 aromatic rings. The van der Waals surface area contributed by atoms with Crippen LogP contribution in [-0.2, 0) is 16.0 Å². The average molecular weight is 368 g/mol. The van der Waals surface area contributed by atoms with Gasteiger partial charge in [-0.05, 0) is 43.2 Å². The molecule has 0 radical (unpaired) electrons. The third kappa shape index (κ3) is 3.51. The summed E-state index contributed by atoms with van der Waals surface area (Å²) in [5, 5.41) is 0.534. The van der Waals surface area contributed by atoms with Gasteiger partial charge in [-0.2, -0.15) is 0 Å². The van der Waals surface area contributed by atoms with Gasteiger partial charge in [0.1, 0.15) is 5.25 Å². The molecule has 2 aromatic carbocycles. The van der Waals surface area contributed by atoms with Crippen molar-refractivity contribution >= 4 is 28.6 Å². The van der Waals surface area contributed by atoms with Crippen molar-refractivity contribution in [2.45, 2.75) is 30.7 Å². The van der Waals surface area contributed by atoms with E-state index in [1.54, 1.807) is 23.6 Å². The molecule has 26 heavy (non-hydrogen) atoms. The molecule has 1 atom stereocenters. The number of thioether (sulfide) groups is 1. The number of hydrogen-bond donors (Lipinski definition) is 0. The maximum absolute atomic E-state index is 13.1. The zero-order valence-electron chi connectivity index (χ0n) is 14.9. The Balaban J connectivity index is 2.20. The number of carbonyl (C=O) groups excluding carboxylic acids is 1. The summed E-state index contributed by atoms with van der Waals surface area (Å²) in [6.07, 6.45) is 0.923. The fourth-order valence-electron chi connectivity index (χ4n) is 2.67. The largest absolute Gasteiger partial charge is 0.468 e. The van der Waals surface area contributed by atoms with Gasteiger partial charge in [-0.3, -0.25) is 14.2 Å². The van der Waals surface area contributed by atoms with Crippen molar-refractivity contribution in [3.05, 3.63) is 64.4 Å². The minimum absolute atomic E-state index is 0.153. The van der Waals surface area contributed by atoms with Crippen LogP contribution in [0.25, 0.3) is 16.6 Å². The first kappa shape index (κ1) is 18.2. The first-order valence-corrected chi connectivity index (χ1v) is 9.28. The number of benzene rings is 2. The smallest absolute Gasteiger partial charge is 0.318 e. The van der Waals surface area contributed by atoms with E-state index in [-0.39, 0.29) is 11.5 Å². The van der Waals surface area contributed by atoms with Gasteiger partial charge in [0.25, 0.3) is 5.56 Å². The summed E-state index contributed by atoms with van der Waals surface area (Å²) >= 11 is 1.21. The molecule has 134 valence electrons. The number of esters is 1. The van der Waals surface area contributed by atoms with E-state index >= 15 is 0 Å². The molecule has 0 aliphatic rings. The number of rotatable bonds is 5. The van der Waals surface area contributed by atoms with Crippen molar-refractivity contribution in [2.75, 3.05) is 7.11 Å². The summed E-state index contributed by atoms with van der Waals surface area (Å²) in [5.41, 5.74) is 2.37. The summed E-state index contributed by atoms with van der Waals surface area (Å²) in [6, 6.07) is 15.0. The Morgan fingerprint density at radius 2 is 1.88 bits per heavy atom. The van der Waals surface area contributed by atoms with Crippen LogP contribution in [0, 0.1) is 0 Å². The van der Waals surface area contributed by atoms with Gasteiger partial charge in [0.15, 0.2) is 5.16 Å². The second-order valence-electron chi connectivity index (χ2n) is 5.86. The fourth-order valence-corrected chi connectivity index (χ4v) is 3.63. The highest BCUT2D eigenvalue weighted by Crippen LogP contribution is 2.25. The molecule has 6 heteroatoms. The first-order valence-electron chi connectivity index (χ1n) is 8.40. The standard InChI is InChI=1S/C20H20N2O3S/c1-4-14-9-11-15(12-10-14)22-18(23)16-7-5-6-8-17(16)21-20(22)26-13(2)19(24)25-3/h5-13H,4H2,1-3H3/t13-/m0/s1. The SMILES string of the molecule is CCc1ccc(-n2c(S[C@@H](C)C(=O)OC)nc3ccccc3c2=O)cc1. The van der Waals surface area contributed by atoms with Crippen molar-refractivity contribution < 1.29 is 9.53 Å². The Morgan fingerprint density at radius 3 is 2.54 bits per heavy atom. The van der Waals surface area contributed by atoms with Crippen LogP contribution in [0.1, 0.15) is 19.4 Å². The summed E-state index contributed by atoms with van der Waals surface area (Å²) < 4.78 is 6.36. The van der Waals surface area contributed by atoms with Crippen LogP contribution in [0.15, 0.2) is 58.5 Å². The van der Waals surface area contributed by atoms with Crippen LogP contribution in [-0.4, -0.2) is 27.9 Å². The number of aryl methyl sites for hydroxylation is 1. The highest BCUT2D eigenvalue weighted by atomic mass is 32.2. The number of carbonyl (C=O) groups is 1. The molecule has 0 bridgehead atoms. The summed E-state index contributed by atoms with van der Waals surface area (Å²) in [6.45, 7) is 3.82. The minimum atomic E-state index is -0.478. The molecule has 0 spiro atoms. The average Bonchev–Trinajstić information content (AvgIpc) is 2.67. The lowest BCUT2D eigenvalue weighted by Crippen LogP contribution is -2.24. The predicted molar refractivity (Wildman–Crippen MR) is 104 cm³/mol. The number of fused-ring (bicyclic) bond motifs is 1. The maximum Gasteiger partial charge on any atom is 0.318 e. The minimum Gasteiger partial charge on any atom is -0.468 e. The number of para-hydroxylation sites is 1. The lowest BCUT2D eigenvalue weighted by Gasteiger charge is -2.15. The van der Waals surface area contributed by atoms with Gasteiger partial charge in [-0.1, -0.05) is 43.0 Å². The van der Waals surface area contributed by atoms with Gasteiger partial charge in [0, 0.05) is 0 Å². The van der Waals surface area contributed by atoms with E-state index < -0.39 is 5.25 Å². The molecule has 1 heterocycles. The Bertz CT molecular complexity index is 996. The van der Waals surface area contributed by atoms with E-state index in [1.165, 1.54) is 24.4 Å². The second-order valence-corrected chi connectivity index (χ2v) is 7.16. The predicted octanol–water partition coefficient (Wildman–Crippen LogP) is 3.60. The zero-order valence-corrected chi connectivity index (χ0v) is 15.7. The van der Waals surface area contributed by atoms with Gasteiger partial charge in [0.05, 0.1) is 23.7 Å². The van der Waals surface area contributed by atoms with Crippen LogP contribution >= 0.6 is 11.8 Å². The third-order valence-corrected chi connectivity index (χ3v) is 5.19. The van der Waals surface area contributed by atoms with Crippen molar-refractivity contribution in [2.24, 2.45) is 0 Å². The number of methoxy groups -OCH3 is 1. The van der Waals surface area contributed by atoms with Crippen molar-refractivity contribution in [3.8, 4) is 5.69 Å². The highest BCUT2D eigenvalue weighted by Gasteiger charge is 2.20. The lowest BCUT2D eigenvalue weighted by molar-refractivity contribution is -0.139. The van der Waals surface area contributed by atoms with E-state index in [1.807, 2.05) is 36.4 Å². The molecule has 0 saturated heterocycles. The van der Waals surface area contributed by atoms with Crippen molar-refractivity contribution in [1.29, 1.82) is 0 Å². The van der Waals surface area contributed by atoms with E-state index in [2.05, 4.69) is 11.9 Å². The molecule has 0 amide bonds. The fraction of sp³-hybridized carbons (Fsp3) is 0.250. The maximum atomic E-state index is 13.1. The first-order chi connectivity index (χ1) is 12.5. The van der Waals surface area contributed by atoms with Gasteiger partial charge in [0.2, 0.25) is 0 Å². The van der Waals surface area contributed by atoms with E-state index in [0.29, 0.717) is 16.1 Å². The molecular weight excluding hydrogens is 348 g/mol. The molecule has 0 unspecified atom stereocenters. The van der Waals surface area contributed by atoms with Crippen LogP contribution < -0.4 is 5.56 Å². The molecule has 0 saturated carbocycles. The molecule has 0 N–H and O–H groups in total. The van der Waals surface area contributed by atoms with E-state index in [9.17, 15) is 9.59 Å². The molecular formula is C20H20N2O3S. The van der Waals surface area contributed by atoms with E-state index in [0.717, 1.165) is 12.1 Å². The molecule has 0 fully saturated rings. The van der Waals surface area contributed by atoms with Gasteiger partial charge in [-0.25, -0.2) is 4.98 Å². The normalized spacial score (nSPS) is 12.1. The number of nitrogens with zero attached hydrogens (tertiary/aromatic N) is 2. The van der Waals surface area contributed by atoms with Crippen molar-refractivity contribution in [3.63, 3.8) is 0 Å². The molecule has 3 rings (SSSR count). The van der Waals surface area contributed by atoms with E-state index in [4.69, 9.17) is 4.74 Å². The molecule has 5 nitrogen and oxygen atoms in total. The monoisotopic (exact) mass is 368 g/mol. The highest BCUT2D eigenvalue weighted by molar-refractivity contribution is 8.00. The number of aromatic nitrogens is 2. The lowest BCUT2D eigenvalue weighted by atomic mass is 10.1. The number of ether oxygens (including phenoxy) is 1. The summed E-state index contributed by atoms with van der Waals surface area (Å²) in [7, 11) is 1.35. The van der Waals surface area contributed by atoms with Crippen LogP contribution in [0.5, 0.6) is 0 Å². The van der Waals surface area contributed by atoms with Gasteiger partial charge >= 0.3 is 5.97 Å². The zero-order chi connectivity index (χ0) is 18.7. The third-order valence-electron chi connectivity index (χ3n) is 4.16. The quantitative estimate of drug-likeness (QED) is 0.391. The Kier molecular flexibility index (Phi) is 5.42. The molecule has 1 aromatic heterocycles. The summed E-state index contributed by atoms with van der Waals surface area (Å²) in [5.74, 6) is -0.356. The van der Waals surface area contributed by atoms with Crippen LogP contribution in [0.4, 0.5) is 0 Å².